The summed E-state index contributed by atoms with van der Waals surface area (Å²) < 4.78 is 0. The Balaban J connectivity index is 1.97. The van der Waals surface area contributed by atoms with Crippen molar-refractivity contribution in [2.24, 2.45) is 5.92 Å². The lowest BCUT2D eigenvalue weighted by Crippen LogP contribution is -2.24. The summed E-state index contributed by atoms with van der Waals surface area (Å²) in [6.45, 7) is 4.13. The lowest BCUT2D eigenvalue weighted by atomic mass is 10.0. The van der Waals surface area contributed by atoms with Crippen molar-refractivity contribution in [3.05, 3.63) is 35.4 Å². The molecular weight excluding hydrogens is 240 g/mol. The second-order valence-corrected chi connectivity index (χ2v) is 5.29. The van der Waals surface area contributed by atoms with E-state index in [1.165, 1.54) is 6.42 Å². The molecule has 1 aliphatic rings. The van der Waals surface area contributed by atoms with Crippen molar-refractivity contribution in [3.8, 4) is 0 Å². The molecule has 104 valence electrons. The van der Waals surface area contributed by atoms with Crippen molar-refractivity contribution in [3.63, 3.8) is 0 Å². The lowest BCUT2D eigenvalue weighted by molar-refractivity contribution is -0.136. The number of aliphatic carboxylic acids is 1. The van der Waals surface area contributed by atoms with Gasteiger partial charge in [0.15, 0.2) is 0 Å². The molecule has 1 fully saturated rings. The third-order valence-corrected chi connectivity index (χ3v) is 3.72. The Hall–Kier alpha value is -1.39. The summed E-state index contributed by atoms with van der Waals surface area (Å²) in [4.78, 5) is 13.3. The van der Waals surface area contributed by atoms with Crippen molar-refractivity contribution >= 4 is 5.97 Å². The molecule has 0 aliphatic carbocycles. The number of nitrogens with zero attached hydrogens (tertiary/aromatic N) is 1. The third-order valence-electron chi connectivity index (χ3n) is 3.72. The molecule has 0 bridgehead atoms. The van der Waals surface area contributed by atoms with Crippen molar-refractivity contribution in [1.29, 1.82) is 0 Å². The number of carbonyl (C=O) groups is 1. The highest BCUT2D eigenvalue weighted by molar-refractivity contribution is 5.70. The van der Waals surface area contributed by atoms with Gasteiger partial charge in [-0.25, -0.2) is 0 Å². The first-order valence-electron chi connectivity index (χ1n) is 6.84. The maximum atomic E-state index is 10.9. The van der Waals surface area contributed by atoms with Crippen LogP contribution in [-0.4, -0.2) is 42.7 Å². The van der Waals surface area contributed by atoms with Gasteiger partial charge >= 0.3 is 5.97 Å². The van der Waals surface area contributed by atoms with Crippen LogP contribution in [0.25, 0.3) is 0 Å². The average molecular weight is 262 g/mol. The van der Waals surface area contributed by atoms with Crippen molar-refractivity contribution < 1.29 is 9.90 Å². The molecule has 2 rings (SSSR count). The number of carboxylic acids is 1. The van der Waals surface area contributed by atoms with Gasteiger partial charge in [-0.1, -0.05) is 24.3 Å². The van der Waals surface area contributed by atoms with E-state index in [2.05, 4.69) is 10.2 Å². The van der Waals surface area contributed by atoms with Gasteiger partial charge in [-0.05, 0) is 43.6 Å². The van der Waals surface area contributed by atoms with E-state index in [0.717, 1.165) is 43.2 Å². The molecule has 0 saturated carbocycles. The van der Waals surface area contributed by atoms with Gasteiger partial charge in [0, 0.05) is 13.1 Å². The number of likely N-dealkylation sites (tertiary alicyclic amines) is 1. The van der Waals surface area contributed by atoms with Gasteiger partial charge in [0.25, 0.3) is 0 Å². The van der Waals surface area contributed by atoms with E-state index in [0.29, 0.717) is 0 Å². The standard InChI is InChI=1S/C15H22N2O2/c1-16-9-12-6-7-17(10-12)11-14-5-3-2-4-13(14)8-15(18)19/h2-5,12,16H,6-11H2,1H3,(H,18,19). The van der Waals surface area contributed by atoms with Gasteiger partial charge in [0.2, 0.25) is 0 Å². The average Bonchev–Trinajstić information content (AvgIpc) is 2.79. The van der Waals surface area contributed by atoms with Gasteiger partial charge in [-0.15, -0.1) is 0 Å². The minimum Gasteiger partial charge on any atom is -0.481 e. The summed E-state index contributed by atoms with van der Waals surface area (Å²) in [6, 6.07) is 7.87. The monoisotopic (exact) mass is 262 g/mol. The first-order valence-corrected chi connectivity index (χ1v) is 6.84. The number of carboxylic acid groups (broad SMARTS) is 1. The van der Waals surface area contributed by atoms with Crippen LogP contribution in [0, 0.1) is 5.92 Å². The fourth-order valence-corrected chi connectivity index (χ4v) is 2.80. The van der Waals surface area contributed by atoms with Gasteiger partial charge in [0.05, 0.1) is 6.42 Å². The summed E-state index contributed by atoms with van der Waals surface area (Å²) in [6.07, 6.45) is 1.34. The van der Waals surface area contributed by atoms with E-state index in [1.54, 1.807) is 0 Å². The second kappa shape index (κ2) is 6.68. The molecule has 1 saturated heterocycles. The Morgan fingerprint density at radius 1 is 1.42 bits per heavy atom. The first kappa shape index (κ1) is 14.0. The molecule has 1 aromatic rings. The summed E-state index contributed by atoms with van der Waals surface area (Å²) in [5, 5.41) is 12.2. The zero-order valence-corrected chi connectivity index (χ0v) is 11.4. The Morgan fingerprint density at radius 3 is 2.84 bits per heavy atom. The SMILES string of the molecule is CNCC1CCN(Cc2ccccc2CC(=O)O)C1. The van der Waals surface area contributed by atoms with Crippen LogP contribution in [0.2, 0.25) is 0 Å². The second-order valence-electron chi connectivity index (χ2n) is 5.29. The number of hydrogen-bond donors (Lipinski definition) is 2. The lowest BCUT2D eigenvalue weighted by Gasteiger charge is -2.18. The highest BCUT2D eigenvalue weighted by Crippen LogP contribution is 2.20. The van der Waals surface area contributed by atoms with E-state index >= 15 is 0 Å². The number of benzene rings is 1. The minimum absolute atomic E-state index is 0.115. The van der Waals surface area contributed by atoms with Crippen LogP contribution < -0.4 is 5.32 Å². The molecule has 1 aliphatic heterocycles. The molecule has 1 unspecified atom stereocenters. The van der Waals surface area contributed by atoms with Gasteiger partial charge < -0.3 is 10.4 Å². The van der Waals surface area contributed by atoms with Crippen LogP contribution in [0.4, 0.5) is 0 Å². The fourth-order valence-electron chi connectivity index (χ4n) is 2.80. The Labute approximate surface area is 114 Å². The summed E-state index contributed by atoms with van der Waals surface area (Å²) in [5.41, 5.74) is 2.09. The van der Waals surface area contributed by atoms with Crippen LogP contribution in [-0.2, 0) is 17.8 Å². The van der Waals surface area contributed by atoms with E-state index in [4.69, 9.17) is 5.11 Å². The molecule has 0 amide bonds. The summed E-state index contributed by atoms with van der Waals surface area (Å²) in [5.74, 6) is -0.0430. The molecule has 2 N–H and O–H groups in total. The van der Waals surface area contributed by atoms with E-state index in [1.807, 2.05) is 31.3 Å². The molecular formula is C15H22N2O2. The first-order chi connectivity index (χ1) is 9.19. The zero-order chi connectivity index (χ0) is 13.7. The quantitative estimate of drug-likeness (QED) is 0.812. The molecule has 0 aromatic heterocycles. The highest BCUT2D eigenvalue weighted by atomic mass is 16.4. The molecule has 1 atom stereocenters. The molecule has 4 heteroatoms. The van der Waals surface area contributed by atoms with Crippen LogP contribution in [0.3, 0.4) is 0 Å². The highest BCUT2D eigenvalue weighted by Gasteiger charge is 2.22. The van der Waals surface area contributed by atoms with E-state index in [-0.39, 0.29) is 6.42 Å². The van der Waals surface area contributed by atoms with Crippen LogP contribution in [0.1, 0.15) is 17.5 Å². The van der Waals surface area contributed by atoms with Crippen molar-refractivity contribution in [2.75, 3.05) is 26.7 Å². The topological polar surface area (TPSA) is 52.6 Å². The predicted octanol–water partition coefficient (Wildman–Crippen LogP) is 1.35. The molecule has 0 radical (unpaired) electrons. The normalized spacial score (nSPS) is 19.7. The maximum Gasteiger partial charge on any atom is 0.307 e. The molecule has 4 nitrogen and oxygen atoms in total. The van der Waals surface area contributed by atoms with E-state index < -0.39 is 5.97 Å². The molecule has 1 heterocycles. The van der Waals surface area contributed by atoms with Crippen LogP contribution in [0.15, 0.2) is 24.3 Å². The Kier molecular flexibility index (Phi) is 4.93. The van der Waals surface area contributed by atoms with Crippen molar-refractivity contribution in [1.82, 2.24) is 10.2 Å². The minimum atomic E-state index is -0.762. The Morgan fingerprint density at radius 2 is 2.16 bits per heavy atom. The van der Waals surface area contributed by atoms with Gasteiger partial charge in [0.1, 0.15) is 0 Å². The largest absolute Gasteiger partial charge is 0.481 e. The number of rotatable bonds is 6. The number of hydrogen-bond acceptors (Lipinski definition) is 3. The number of nitrogens with one attached hydrogen (secondary N) is 1. The molecule has 19 heavy (non-hydrogen) atoms. The predicted molar refractivity (Wildman–Crippen MR) is 75.1 cm³/mol. The van der Waals surface area contributed by atoms with Gasteiger partial charge in [-0.2, -0.15) is 0 Å². The van der Waals surface area contributed by atoms with E-state index in [9.17, 15) is 4.79 Å². The fraction of sp³-hybridized carbons (Fsp3) is 0.533. The summed E-state index contributed by atoms with van der Waals surface area (Å²) in [7, 11) is 1.99. The zero-order valence-electron chi connectivity index (χ0n) is 11.4. The third kappa shape index (κ3) is 4.04. The molecule has 0 spiro atoms. The summed E-state index contributed by atoms with van der Waals surface area (Å²) >= 11 is 0. The maximum absolute atomic E-state index is 10.9. The Bertz CT molecular complexity index is 434. The van der Waals surface area contributed by atoms with Gasteiger partial charge in [-0.3, -0.25) is 9.69 Å². The molecule has 1 aromatic carbocycles. The van der Waals surface area contributed by atoms with Crippen LogP contribution >= 0.6 is 0 Å². The van der Waals surface area contributed by atoms with Crippen molar-refractivity contribution in [2.45, 2.75) is 19.4 Å². The van der Waals surface area contributed by atoms with Crippen LogP contribution in [0.5, 0.6) is 0 Å². The smallest absolute Gasteiger partial charge is 0.307 e.